The molecule has 0 spiro atoms. The summed E-state index contributed by atoms with van der Waals surface area (Å²) in [6.07, 6.45) is 1.37. The Bertz CT molecular complexity index is 1050. The molecule has 3 aromatic rings. The number of esters is 1. The smallest absolute Gasteiger partial charge is 0.341 e. The van der Waals surface area contributed by atoms with E-state index >= 15 is 0 Å². The third kappa shape index (κ3) is 4.52. The molecule has 0 saturated carbocycles. The quantitative estimate of drug-likeness (QED) is 0.542. The average Bonchev–Trinajstić information content (AvgIpc) is 3.37. The van der Waals surface area contributed by atoms with E-state index in [0.717, 1.165) is 11.3 Å². The normalized spacial score (nSPS) is 10.4. The number of amides is 2. The molecule has 0 aliphatic rings. The topological polar surface area (TPSA) is 107 Å². The molecule has 0 atom stereocenters. The van der Waals surface area contributed by atoms with Crippen LogP contribution in [0.5, 0.6) is 5.75 Å². The van der Waals surface area contributed by atoms with Gasteiger partial charge in [-0.1, -0.05) is 0 Å². The van der Waals surface area contributed by atoms with E-state index in [1.165, 1.54) is 12.3 Å². The van der Waals surface area contributed by atoms with Crippen molar-refractivity contribution in [3.05, 3.63) is 64.4 Å². The van der Waals surface area contributed by atoms with Gasteiger partial charge in [-0.25, -0.2) is 4.79 Å². The number of rotatable bonds is 7. The van der Waals surface area contributed by atoms with Crippen molar-refractivity contribution in [1.82, 2.24) is 0 Å². The fourth-order valence-electron chi connectivity index (χ4n) is 2.70. The van der Waals surface area contributed by atoms with Crippen LogP contribution in [0.3, 0.4) is 0 Å². The van der Waals surface area contributed by atoms with Gasteiger partial charge in [0.05, 0.1) is 30.4 Å². The van der Waals surface area contributed by atoms with Crippen LogP contribution in [0.2, 0.25) is 0 Å². The third-order valence-corrected chi connectivity index (χ3v) is 5.36. The molecule has 0 unspecified atom stereocenters. The molecule has 0 aliphatic heterocycles. The number of nitrogens with one attached hydrogen (secondary N) is 2. The van der Waals surface area contributed by atoms with Crippen LogP contribution in [-0.2, 0) is 4.74 Å². The number of ether oxygens (including phenoxy) is 2. The minimum atomic E-state index is -0.621. The summed E-state index contributed by atoms with van der Waals surface area (Å²) >= 11 is 0.990. The molecule has 0 radical (unpaired) electrons. The van der Waals surface area contributed by atoms with Gasteiger partial charge < -0.3 is 24.5 Å². The van der Waals surface area contributed by atoms with E-state index in [1.807, 2.05) is 0 Å². The molecule has 0 fully saturated rings. The van der Waals surface area contributed by atoms with Crippen molar-refractivity contribution in [2.24, 2.45) is 0 Å². The molecule has 2 amide bonds. The molecule has 3 rings (SSSR count). The maximum absolute atomic E-state index is 12.8. The highest BCUT2D eigenvalue weighted by Gasteiger charge is 2.27. The van der Waals surface area contributed by atoms with Crippen molar-refractivity contribution in [2.75, 3.05) is 24.4 Å². The van der Waals surface area contributed by atoms with E-state index in [2.05, 4.69) is 10.6 Å². The summed E-state index contributed by atoms with van der Waals surface area (Å²) in [5.41, 5.74) is 1.12. The summed E-state index contributed by atoms with van der Waals surface area (Å²) in [7, 11) is 1.55. The van der Waals surface area contributed by atoms with Gasteiger partial charge in [0.25, 0.3) is 11.8 Å². The molecule has 2 heterocycles. The number of carbonyl (C=O) groups excluding carboxylic acids is 3. The summed E-state index contributed by atoms with van der Waals surface area (Å²) in [6, 6.07) is 9.91. The minimum absolute atomic E-state index is 0.0834. The zero-order valence-electron chi connectivity index (χ0n) is 16.6. The van der Waals surface area contributed by atoms with Crippen LogP contribution in [0.4, 0.5) is 10.7 Å². The number of hydrogen-bond donors (Lipinski definition) is 2. The monoisotopic (exact) mass is 428 g/mol. The van der Waals surface area contributed by atoms with Crippen molar-refractivity contribution in [3.8, 4) is 5.75 Å². The van der Waals surface area contributed by atoms with Crippen molar-refractivity contribution in [3.63, 3.8) is 0 Å². The largest absolute Gasteiger partial charge is 0.497 e. The predicted octanol–water partition coefficient (Wildman–Crippen LogP) is 4.34. The Balaban J connectivity index is 1.90. The fourth-order valence-corrected chi connectivity index (χ4v) is 3.79. The van der Waals surface area contributed by atoms with Gasteiger partial charge in [0.2, 0.25) is 0 Å². The predicted molar refractivity (Wildman–Crippen MR) is 113 cm³/mol. The lowest BCUT2D eigenvalue weighted by Gasteiger charge is -2.06. The van der Waals surface area contributed by atoms with Gasteiger partial charge >= 0.3 is 5.97 Å². The van der Waals surface area contributed by atoms with E-state index in [1.54, 1.807) is 51.3 Å². The van der Waals surface area contributed by atoms with Gasteiger partial charge in [0.15, 0.2) is 5.76 Å². The van der Waals surface area contributed by atoms with Crippen LogP contribution in [0, 0.1) is 6.92 Å². The first-order valence-corrected chi connectivity index (χ1v) is 9.87. The van der Waals surface area contributed by atoms with Crippen LogP contribution in [-0.4, -0.2) is 31.5 Å². The number of thiophene rings is 1. The molecule has 0 saturated heterocycles. The SMILES string of the molecule is CCOC(=O)c1c(NC(=O)c2ccco2)sc(C(=O)Nc2ccc(OC)cc2)c1C. The lowest BCUT2D eigenvalue weighted by Crippen LogP contribution is -2.14. The first kappa shape index (κ1) is 21.1. The number of carbonyl (C=O) groups is 3. The average molecular weight is 428 g/mol. The van der Waals surface area contributed by atoms with Gasteiger partial charge in [0.1, 0.15) is 10.8 Å². The highest BCUT2D eigenvalue weighted by molar-refractivity contribution is 7.19. The summed E-state index contributed by atoms with van der Waals surface area (Å²) in [4.78, 5) is 38.0. The molecule has 30 heavy (non-hydrogen) atoms. The zero-order valence-corrected chi connectivity index (χ0v) is 17.4. The first-order valence-electron chi connectivity index (χ1n) is 9.05. The van der Waals surface area contributed by atoms with E-state index in [9.17, 15) is 14.4 Å². The third-order valence-electron chi connectivity index (χ3n) is 4.15. The van der Waals surface area contributed by atoms with Gasteiger partial charge in [0, 0.05) is 5.69 Å². The molecule has 0 bridgehead atoms. The standard InChI is InChI=1S/C21H20N2O6S/c1-4-28-21(26)16-12(2)17(19(25)22-13-7-9-14(27-3)10-8-13)30-20(16)23-18(24)15-6-5-11-29-15/h5-11H,4H2,1-3H3,(H,22,25)(H,23,24). The Morgan fingerprint density at radius 1 is 1.07 bits per heavy atom. The lowest BCUT2D eigenvalue weighted by molar-refractivity contribution is 0.0527. The molecule has 0 aliphatic carbocycles. The summed E-state index contributed by atoms with van der Waals surface area (Å²) in [5.74, 6) is -0.821. The Morgan fingerprint density at radius 2 is 1.80 bits per heavy atom. The van der Waals surface area contributed by atoms with Gasteiger partial charge in [-0.15, -0.1) is 11.3 Å². The molecular weight excluding hydrogens is 408 g/mol. The summed E-state index contributed by atoms with van der Waals surface area (Å²) in [5, 5.41) is 5.63. The number of anilines is 2. The maximum atomic E-state index is 12.8. The molecule has 1 aromatic carbocycles. The van der Waals surface area contributed by atoms with Crippen LogP contribution < -0.4 is 15.4 Å². The van der Waals surface area contributed by atoms with Gasteiger partial charge in [-0.2, -0.15) is 0 Å². The van der Waals surface area contributed by atoms with Crippen molar-refractivity contribution in [2.45, 2.75) is 13.8 Å². The lowest BCUT2D eigenvalue weighted by atomic mass is 10.1. The van der Waals surface area contributed by atoms with E-state index in [0.29, 0.717) is 17.0 Å². The second-order valence-electron chi connectivity index (χ2n) is 6.09. The number of methoxy groups -OCH3 is 1. The van der Waals surface area contributed by atoms with E-state index in [4.69, 9.17) is 13.9 Å². The van der Waals surface area contributed by atoms with Crippen LogP contribution in [0.15, 0.2) is 47.1 Å². The first-order chi connectivity index (χ1) is 14.4. The molecule has 8 nitrogen and oxygen atoms in total. The number of furan rings is 1. The maximum Gasteiger partial charge on any atom is 0.341 e. The number of hydrogen-bond acceptors (Lipinski definition) is 7. The van der Waals surface area contributed by atoms with Crippen LogP contribution >= 0.6 is 11.3 Å². The fraction of sp³-hybridized carbons (Fsp3) is 0.190. The Morgan fingerprint density at radius 3 is 2.40 bits per heavy atom. The summed E-state index contributed by atoms with van der Waals surface area (Å²) in [6.45, 7) is 3.47. The van der Waals surface area contributed by atoms with Crippen LogP contribution in [0.1, 0.15) is 43.1 Å². The van der Waals surface area contributed by atoms with Crippen molar-refractivity contribution < 1.29 is 28.3 Å². The van der Waals surface area contributed by atoms with Crippen molar-refractivity contribution >= 4 is 39.8 Å². The number of benzene rings is 1. The van der Waals surface area contributed by atoms with E-state index < -0.39 is 17.8 Å². The summed E-state index contributed by atoms with van der Waals surface area (Å²) < 4.78 is 15.3. The molecular formula is C21H20N2O6S. The van der Waals surface area contributed by atoms with Crippen molar-refractivity contribution in [1.29, 1.82) is 0 Å². The Labute approximate surface area is 176 Å². The minimum Gasteiger partial charge on any atom is -0.497 e. The highest BCUT2D eigenvalue weighted by Crippen LogP contribution is 2.34. The Hall–Kier alpha value is -3.59. The Kier molecular flexibility index (Phi) is 6.53. The molecule has 156 valence electrons. The molecule has 9 heteroatoms. The van der Waals surface area contributed by atoms with Gasteiger partial charge in [-0.3, -0.25) is 9.59 Å². The van der Waals surface area contributed by atoms with Crippen LogP contribution in [0.25, 0.3) is 0 Å². The molecule has 2 N–H and O–H groups in total. The van der Waals surface area contributed by atoms with Gasteiger partial charge in [-0.05, 0) is 55.8 Å². The second kappa shape index (κ2) is 9.27. The van der Waals surface area contributed by atoms with E-state index in [-0.39, 0.29) is 27.8 Å². The second-order valence-corrected chi connectivity index (χ2v) is 7.12. The highest BCUT2D eigenvalue weighted by atomic mass is 32.1. The molecule has 2 aromatic heterocycles. The zero-order chi connectivity index (χ0) is 21.7.